The summed E-state index contributed by atoms with van der Waals surface area (Å²) in [6.45, 7) is 1.23. The summed E-state index contributed by atoms with van der Waals surface area (Å²) >= 11 is 0. The second-order valence-electron chi connectivity index (χ2n) is 5.09. The first-order chi connectivity index (χ1) is 10.8. The lowest BCUT2D eigenvalue weighted by atomic mass is 10.1. The van der Waals surface area contributed by atoms with Crippen molar-refractivity contribution in [2.45, 2.75) is 51.6 Å². The Hall–Kier alpha value is -2.38. The molecule has 0 aliphatic carbocycles. The van der Waals surface area contributed by atoms with Gasteiger partial charge in [0.1, 0.15) is 0 Å². The molecule has 0 spiro atoms. The topological polar surface area (TPSA) is 95.6 Å². The Kier molecular flexibility index (Phi) is 6.40. The van der Waals surface area contributed by atoms with Crippen LogP contribution in [0.15, 0.2) is 34.1 Å². The molecular formula is C14H20N6O2. The molecule has 0 atom stereocenters. The zero-order valence-corrected chi connectivity index (χ0v) is 12.5. The van der Waals surface area contributed by atoms with Gasteiger partial charge in [-0.15, -0.1) is 10.2 Å². The highest BCUT2D eigenvalue weighted by Crippen LogP contribution is 2.06. The minimum Gasteiger partial charge on any atom is -0.268 e. The summed E-state index contributed by atoms with van der Waals surface area (Å²) in [6, 6.07) is 2.84. The van der Waals surface area contributed by atoms with Gasteiger partial charge in [0.15, 0.2) is 0 Å². The van der Waals surface area contributed by atoms with Crippen LogP contribution in [-0.2, 0) is 13.1 Å². The molecule has 8 nitrogen and oxygen atoms in total. The maximum Gasteiger partial charge on any atom is 0.269 e. The van der Waals surface area contributed by atoms with Gasteiger partial charge in [-0.2, -0.15) is 0 Å². The van der Waals surface area contributed by atoms with Crippen LogP contribution in [0.5, 0.6) is 0 Å². The van der Waals surface area contributed by atoms with E-state index in [0.717, 1.165) is 38.5 Å². The summed E-state index contributed by atoms with van der Waals surface area (Å²) in [6.07, 6.45) is 8.95. The average molecular weight is 304 g/mol. The van der Waals surface area contributed by atoms with Crippen LogP contribution in [-0.4, -0.2) is 30.0 Å². The predicted molar refractivity (Wildman–Crippen MR) is 80.3 cm³/mol. The van der Waals surface area contributed by atoms with E-state index in [9.17, 15) is 9.59 Å². The summed E-state index contributed by atoms with van der Waals surface area (Å²) in [4.78, 5) is 22.8. The van der Waals surface area contributed by atoms with E-state index in [1.165, 1.54) is 33.9 Å². The van der Waals surface area contributed by atoms with Crippen LogP contribution in [0.1, 0.15) is 38.5 Å². The largest absolute Gasteiger partial charge is 0.269 e. The summed E-state index contributed by atoms with van der Waals surface area (Å²) in [5, 5.41) is 14.9. The third kappa shape index (κ3) is 5.19. The van der Waals surface area contributed by atoms with Crippen LogP contribution in [0.2, 0.25) is 0 Å². The lowest BCUT2D eigenvalue weighted by Gasteiger charge is -2.04. The van der Waals surface area contributed by atoms with E-state index in [-0.39, 0.29) is 11.1 Å². The third-order valence-electron chi connectivity index (χ3n) is 3.39. The van der Waals surface area contributed by atoms with Crippen LogP contribution in [0, 0.1) is 0 Å². The molecule has 0 radical (unpaired) electrons. The number of aromatic nitrogens is 6. The molecule has 0 amide bonds. The summed E-state index contributed by atoms with van der Waals surface area (Å²) < 4.78 is 2.78. The Labute approximate surface area is 127 Å². The van der Waals surface area contributed by atoms with Crippen molar-refractivity contribution < 1.29 is 0 Å². The van der Waals surface area contributed by atoms with Gasteiger partial charge in [0.2, 0.25) is 0 Å². The summed E-state index contributed by atoms with van der Waals surface area (Å²) in [5.74, 6) is 0. The SMILES string of the molecule is O=c1ccnnn1CCCCCCCCn1nnccc1=O. The molecule has 0 saturated carbocycles. The molecule has 2 aromatic rings. The number of rotatable bonds is 9. The van der Waals surface area contributed by atoms with Crippen molar-refractivity contribution in [3.8, 4) is 0 Å². The number of unbranched alkanes of at least 4 members (excludes halogenated alkanes) is 5. The first kappa shape index (κ1) is 16.0. The molecule has 0 saturated heterocycles. The van der Waals surface area contributed by atoms with E-state index in [4.69, 9.17) is 0 Å². The maximum atomic E-state index is 11.4. The normalized spacial score (nSPS) is 10.7. The van der Waals surface area contributed by atoms with E-state index < -0.39 is 0 Å². The molecule has 0 aromatic carbocycles. The predicted octanol–water partition coefficient (Wildman–Crippen LogP) is 0.631. The fourth-order valence-corrected chi connectivity index (χ4v) is 2.18. The van der Waals surface area contributed by atoms with E-state index >= 15 is 0 Å². The first-order valence-electron chi connectivity index (χ1n) is 7.55. The fourth-order valence-electron chi connectivity index (χ4n) is 2.18. The average Bonchev–Trinajstić information content (AvgIpc) is 2.53. The second-order valence-corrected chi connectivity index (χ2v) is 5.09. The molecule has 0 bridgehead atoms. The molecule has 8 heteroatoms. The Morgan fingerprint density at radius 3 is 1.50 bits per heavy atom. The minimum absolute atomic E-state index is 0.107. The monoisotopic (exact) mass is 304 g/mol. The van der Waals surface area contributed by atoms with Gasteiger partial charge < -0.3 is 0 Å². The Morgan fingerprint density at radius 1 is 0.682 bits per heavy atom. The van der Waals surface area contributed by atoms with Crippen LogP contribution in [0.4, 0.5) is 0 Å². The highest BCUT2D eigenvalue weighted by Gasteiger charge is 1.98. The quantitative estimate of drug-likeness (QED) is 0.631. The zero-order chi connectivity index (χ0) is 15.6. The van der Waals surface area contributed by atoms with Gasteiger partial charge in [-0.3, -0.25) is 9.59 Å². The van der Waals surface area contributed by atoms with Crippen molar-refractivity contribution in [2.24, 2.45) is 0 Å². The standard InChI is InChI=1S/C14H20N6O2/c21-13-7-9-15-17-19(13)11-5-3-1-2-4-6-12-20-14(22)8-10-16-18-20/h7-10H,1-6,11-12H2. The van der Waals surface area contributed by atoms with E-state index in [0.29, 0.717) is 13.1 Å². The van der Waals surface area contributed by atoms with Gasteiger partial charge in [-0.25, -0.2) is 9.36 Å². The van der Waals surface area contributed by atoms with Gasteiger partial charge >= 0.3 is 0 Å². The lowest BCUT2D eigenvalue weighted by molar-refractivity contribution is 0.468. The molecule has 0 unspecified atom stereocenters. The number of aryl methyl sites for hydroxylation is 2. The lowest BCUT2D eigenvalue weighted by Crippen LogP contribution is -2.22. The van der Waals surface area contributed by atoms with Gasteiger partial charge in [0, 0.05) is 25.2 Å². The number of nitrogens with zero attached hydrogens (tertiary/aromatic N) is 6. The molecule has 0 fully saturated rings. The van der Waals surface area contributed by atoms with Crippen LogP contribution in [0.25, 0.3) is 0 Å². The molecule has 22 heavy (non-hydrogen) atoms. The zero-order valence-electron chi connectivity index (χ0n) is 12.5. The molecule has 0 aliphatic rings. The number of hydrogen-bond donors (Lipinski definition) is 0. The minimum atomic E-state index is -0.107. The maximum absolute atomic E-state index is 11.4. The van der Waals surface area contributed by atoms with Gasteiger partial charge in [-0.1, -0.05) is 36.1 Å². The molecule has 2 rings (SSSR count). The van der Waals surface area contributed by atoms with Crippen molar-refractivity contribution in [1.82, 2.24) is 30.0 Å². The Balaban J connectivity index is 1.53. The third-order valence-corrected chi connectivity index (χ3v) is 3.39. The first-order valence-corrected chi connectivity index (χ1v) is 7.55. The van der Waals surface area contributed by atoms with Crippen molar-refractivity contribution in [1.29, 1.82) is 0 Å². The van der Waals surface area contributed by atoms with Crippen molar-refractivity contribution >= 4 is 0 Å². The van der Waals surface area contributed by atoms with Gasteiger partial charge in [-0.05, 0) is 12.8 Å². The van der Waals surface area contributed by atoms with Crippen LogP contribution < -0.4 is 11.1 Å². The molecule has 0 aliphatic heterocycles. The van der Waals surface area contributed by atoms with Crippen LogP contribution >= 0.6 is 0 Å². The summed E-state index contributed by atoms with van der Waals surface area (Å²) in [5.41, 5.74) is -0.214. The fraction of sp³-hybridized carbons (Fsp3) is 0.571. The highest BCUT2D eigenvalue weighted by molar-refractivity contribution is 4.77. The van der Waals surface area contributed by atoms with E-state index in [1.807, 2.05) is 0 Å². The van der Waals surface area contributed by atoms with Crippen LogP contribution in [0.3, 0.4) is 0 Å². The molecular weight excluding hydrogens is 284 g/mol. The highest BCUT2D eigenvalue weighted by atomic mass is 16.1. The Morgan fingerprint density at radius 2 is 1.09 bits per heavy atom. The molecule has 2 aromatic heterocycles. The van der Waals surface area contributed by atoms with E-state index in [1.54, 1.807) is 0 Å². The molecule has 2 heterocycles. The second kappa shape index (κ2) is 8.81. The molecule has 118 valence electrons. The molecule has 0 N–H and O–H groups in total. The van der Waals surface area contributed by atoms with E-state index in [2.05, 4.69) is 20.6 Å². The smallest absolute Gasteiger partial charge is 0.268 e. The van der Waals surface area contributed by atoms with Crippen molar-refractivity contribution in [2.75, 3.05) is 0 Å². The number of hydrogen-bond acceptors (Lipinski definition) is 6. The summed E-state index contributed by atoms with van der Waals surface area (Å²) in [7, 11) is 0. The van der Waals surface area contributed by atoms with Crippen molar-refractivity contribution in [3.05, 3.63) is 45.2 Å². The van der Waals surface area contributed by atoms with Crippen molar-refractivity contribution in [3.63, 3.8) is 0 Å². The van der Waals surface area contributed by atoms with Gasteiger partial charge in [0.05, 0.1) is 12.4 Å². The van der Waals surface area contributed by atoms with Gasteiger partial charge in [0.25, 0.3) is 11.1 Å². The Bertz CT molecular complexity index is 622.